The predicted octanol–water partition coefficient (Wildman–Crippen LogP) is 3.56. The van der Waals surface area contributed by atoms with Crippen molar-refractivity contribution in [3.8, 4) is 11.3 Å². The molecule has 0 radical (unpaired) electrons. The van der Waals surface area contributed by atoms with Crippen LogP contribution in [0.1, 0.15) is 25.0 Å². The van der Waals surface area contributed by atoms with E-state index in [2.05, 4.69) is 10.6 Å². The monoisotopic (exact) mass is 366 g/mol. The molecule has 6 heteroatoms. The van der Waals surface area contributed by atoms with E-state index in [9.17, 15) is 9.18 Å². The van der Waals surface area contributed by atoms with Gasteiger partial charge < -0.3 is 15.1 Å². The van der Waals surface area contributed by atoms with Crippen molar-refractivity contribution in [1.29, 1.82) is 0 Å². The van der Waals surface area contributed by atoms with Crippen molar-refractivity contribution in [3.05, 3.63) is 48.0 Å². The van der Waals surface area contributed by atoms with Gasteiger partial charge in [0.05, 0.1) is 5.56 Å². The van der Waals surface area contributed by atoms with Crippen molar-refractivity contribution in [2.45, 2.75) is 25.7 Å². The van der Waals surface area contributed by atoms with Crippen LogP contribution in [0.15, 0.2) is 40.8 Å². The molecule has 136 valence electrons. The van der Waals surface area contributed by atoms with Crippen LogP contribution in [0.3, 0.4) is 0 Å². The number of nitrogens with one attached hydrogen (secondary N) is 2. The van der Waals surface area contributed by atoms with E-state index < -0.39 is 0 Å². The molecule has 1 aliphatic rings. The topological polar surface area (TPSA) is 54.3 Å². The lowest BCUT2D eigenvalue weighted by Gasteiger charge is -2.22. The Morgan fingerprint density at radius 1 is 1.28 bits per heavy atom. The van der Waals surface area contributed by atoms with Crippen LogP contribution < -0.4 is 10.6 Å². The molecule has 25 heavy (non-hydrogen) atoms. The van der Waals surface area contributed by atoms with Crippen molar-refractivity contribution in [3.63, 3.8) is 0 Å². The minimum atomic E-state index is -0.308. The minimum absolute atomic E-state index is 0. The van der Waals surface area contributed by atoms with Gasteiger partial charge in [0.25, 0.3) is 0 Å². The Morgan fingerprint density at radius 2 is 2.12 bits per heavy atom. The number of halogens is 2. The van der Waals surface area contributed by atoms with Gasteiger partial charge in [-0.1, -0.05) is 12.1 Å². The lowest BCUT2D eigenvalue weighted by atomic mass is 10.00. The Bertz CT molecular complexity index is 684. The first-order valence-corrected chi connectivity index (χ1v) is 8.53. The van der Waals surface area contributed by atoms with E-state index in [0.717, 1.165) is 26.1 Å². The molecule has 0 bridgehead atoms. The van der Waals surface area contributed by atoms with E-state index in [1.165, 1.54) is 12.5 Å². The number of furan rings is 1. The number of carbonyl (C=O) groups is 1. The molecule has 0 aliphatic carbocycles. The van der Waals surface area contributed by atoms with Crippen molar-refractivity contribution in [2.75, 3.05) is 19.6 Å². The molecule has 1 amide bonds. The van der Waals surface area contributed by atoms with Crippen LogP contribution >= 0.6 is 12.4 Å². The molecule has 0 spiro atoms. The van der Waals surface area contributed by atoms with Crippen LogP contribution in [0.5, 0.6) is 0 Å². The SMILES string of the molecule is Cl.O=C(CCc1ccc(-c2ccccc2F)o1)NCC1CCCNC1. The third-order valence-corrected chi connectivity index (χ3v) is 4.39. The maximum absolute atomic E-state index is 13.7. The van der Waals surface area contributed by atoms with Gasteiger partial charge in [0.15, 0.2) is 0 Å². The van der Waals surface area contributed by atoms with Gasteiger partial charge in [0.1, 0.15) is 17.3 Å². The van der Waals surface area contributed by atoms with Crippen LogP contribution in [-0.4, -0.2) is 25.5 Å². The number of benzene rings is 1. The summed E-state index contributed by atoms with van der Waals surface area (Å²) in [5.41, 5.74) is 0.443. The smallest absolute Gasteiger partial charge is 0.220 e. The van der Waals surface area contributed by atoms with E-state index in [1.54, 1.807) is 30.3 Å². The van der Waals surface area contributed by atoms with E-state index in [1.807, 2.05) is 0 Å². The zero-order valence-corrected chi connectivity index (χ0v) is 14.9. The number of rotatable bonds is 6. The van der Waals surface area contributed by atoms with Crippen LogP contribution in [-0.2, 0) is 11.2 Å². The lowest BCUT2D eigenvalue weighted by Crippen LogP contribution is -2.38. The fraction of sp³-hybridized carbons (Fsp3) is 0.421. The minimum Gasteiger partial charge on any atom is -0.461 e. The first-order chi connectivity index (χ1) is 11.7. The van der Waals surface area contributed by atoms with Crippen molar-refractivity contribution in [2.24, 2.45) is 5.92 Å². The Labute approximate surface area is 153 Å². The maximum Gasteiger partial charge on any atom is 0.220 e. The van der Waals surface area contributed by atoms with Crippen LogP contribution in [0.2, 0.25) is 0 Å². The Hall–Kier alpha value is -1.85. The summed E-state index contributed by atoms with van der Waals surface area (Å²) in [5, 5.41) is 6.33. The zero-order chi connectivity index (χ0) is 16.8. The zero-order valence-electron chi connectivity index (χ0n) is 14.1. The fourth-order valence-corrected chi connectivity index (χ4v) is 3.00. The molecule has 0 saturated carbocycles. The van der Waals surface area contributed by atoms with Gasteiger partial charge in [-0.15, -0.1) is 12.4 Å². The molecular formula is C19H24ClFN2O2. The summed E-state index contributed by atoms with van der Waals surface area (Å²) in [7, 11) is 0. The molecule has 1 aromatic carbocycles. The van der Waals surface area contributed by atoms with Gasteiger partial charge in [0, 0.05) is 19.4 Å². The predicted molar refractivity (Wildman–Crippen MR) is 98.3 cm³/mol. The first-order valence-electron chi connectivity index (χ1n) is 8.53. The summed E-state index contributed by atoms with van der Waals surface area (Å²) in [6.07, 6.45) is 3.23. The van der Waals surface area contributed by atoms with Gasteiger partial charge in [-0.05, 0) is 56.1 Å². The number of amides is 1. The maximum atomic E-state index is 13.7. The average molecular weight is 367 g/mol. The number of carbonyl (C=O) groups excluding carboxylic acids is 1. The Kier molecular flexibility index (Phi) is 7.47. The summed E-state index contributed by atoms with van der Waals surface area (Å²) in [6, 6.07) is 10.1. The van der Waals surface area contributed by atoms with Gasteiger partial charge in [-0.2, -0.15) is 0 Å². The standard InChI is InChI=1S/C19H23FN2O2.ClH/c20-17-6-2-1-5-16(17)18-9-7-15(24-18)8-10-19(23)22-13-14-4-3-11-21-12-14;/h1-2,5-7,9,14,21H,3-4,8,10-13H2,(H,22,23);1H. The largest absolute Gasteiger partial charge is 0.461 e. The summed E-state index contributed by atoms with van der Waals surface area (Å²) in [4.78, 5) is 12.0. The molecule has 4 nitrogen and oxygen atoms in total. The third kappa shape index (κ3) is 5.58. The molecule has 1 saturated heterocycles. The van der Waals surface area contributed by atoms with Crippen molar-refractivity contribution >= 4 is 18.3 Å². The second-order valence-corrected chi connectivity index (χ2v) is 6.26. The Balaban J connectivity index is 0.00000225. The molecule has 1 unspecified atom stereocenters. The number of hydrogen-bond acceptors (Lipinski definition) is 3. The van der Waals surface area contributed by atoms with Crippen molar-refractivity contribution in [1.82, 2.24) is 10.6 Å². The second kappa shape index (κ2) is 9.59. The van der Waals surface area contributed by atoms with Gasteiger partial charge in [-0.3, -0.25) is 4.79 Å². The molecule has 1 fully saturated rings. The molecule has 2 N–H and O–H groups in total. The molecule has 2 aromatic rings. The summed E-state index contributed by atoms with van der Waals surface area (Å²) in [5.74, 6) is 1.44. The molecule has 3 rings (SSSR count). The highest BCUT2D eigenvalue weighted by molar-refractivity contribution is 5.85. The molecule has 1 aliphatic heterocycles. The van der Waals surface area contributed by atoms with E-state index in [4.69, 9.17) is 4.42 Å². The highest BCUT2D eigenvalue weighted by atomic mass is 35.5. The Morgan fingerprint density at radius 3 is 2.88 bits per heavy atom. The summed E-state index contributed by atoms with van der Waals surface area (Å²) in [6.45, 7) is 2.78. The van der Waals surface area contributed by atoms with Crippen molar-refractivity contribution < 1.29 is 13.6 Å². The summed E-state index contributed by atoms with van der Waals surface area (Å²) >= 11 is 0. The lowest BCUT2D eigenvalue weighted by molar-refractivity contribution is -0.121. The first kappa shape index (κ1) is 19.5. The molecule has 1 aromatic heterocycles. The number of piperidine rings is 1. The van der Waals surface area contributed by atoms with Crippen LogP contribution in [0.4, 0.5) is 4.39 Å². The summed E-state index contributed by atoms with van der Waals surface area (Å²) < 4.78 is 19.4. The van der Waals surface area contributed by atoms with Gasteiger partial charge in [0.2, 0.25) is 5.91 Å². The van der Waals surface area contributed by atoms with E-state index in [0.29, 0.717) is 35.8 Å². The average Bonchev–Trinajstić information content (AvgIpc) is 3.08. The van der Waals surface area contributed by atoms with Gasteiger partial charge in [-0.25, -0.2) is 4.39 Å². The number of aryl methyl sites for hydroxylation is 1. The highest BCUT2D eigenvalue weighted by Gasteiger charge is 2.14. The molecule has 2 heterocycles. The highest BCUT2D eigenvalue weighted by Crippen LogP contribution is 2.25. The second-order valence-electron chi connectivity index (χ2n) is 6.26. The fourth-order valence-electron chi connectivity index (χ4n) is 3.00. The van der Waals surface area contributed by atoms with Crippen LogP contribution in [0.25, 0.3) is 11.3 Å². The van der Waals surface area contributed by atoms with E-state index >= 15 is 0 Å². The number of hydrogen-bond donors (Lipinski definition) is 2. The molecular weight excluding hydrogens is 343 g/mol. The molecule has 1 atom stereocenters. The van der Waals surface area contributed by atoms with Crippen LogP contribution in [0, 0.1) is 11.7 Å². The van der Waals surface area contributed by atoms with Gasteiger partial charge >= 0.3 is 0 Å². The van der Waals surface area contributed by atoms with E-state index in [-0.39, 0.29) is 24.1 Å². The normalized spacial score (nSPS) is 16.9. The quantitative estimate of drug-likeness (QED) is 0.822. The third-order valence-electron chi connectivity index (χ3n) is 4.39.